The first kappa shape index (κ1) is 18.7. The van der Waals surface area contributed by atoms with Crippen LogP contribution in [0.3, 0.4) is 0 Å². The van der Waals surface area contributed by atoms with Crippen LogP contribution in [0.1, 0.15) is 44.1 Å². The van der Waals surface area contributed by atoms with Gasteiger partial charge in [0.05, 0.1) is 5.92 Å². The van der Waals surface area contributed by atoms with Crippen molar-refractivity contribution < 1.29 is 9.59 Å². The highest BCUT2D eigenvalue weighted by molar-refractivity contribution is 5.89. The summed E-state index contributed by atoms with van der Waals surface area (Å²) < 4.78 is 0. The fraction of sp³-hybridized carbons (Fsp3) is 0.545. The molecule has 1 unspecified atom stereocenters. The topological polar surface area (TPSA) is 40.6 Å². The number of nitrogens with zero attached hydrogens (tertiary/aromatic N) is 2. The molecule has 140 valence electrons. The van der Waals surface area contributed by atoms with Crippen molar-refractivity contribution in [3.63, 3.8) is 0 Å². The average molecular weight is 354 g/mol. The summed E-state index contributed by atoms with van der Waals surface area (Å²) in [5.74, 6) is 0.590. The fourth-order valence-electron chi connectivity index (χ4n) is 4.25. The zero-order chi connectivity index (χ0) is 18.4. The van der Waals surface area contributed by atoms with Crippen LogP contribution in [-0.4, -0.2) is 41.2 Å². The van der Waals surface area contributed by atoms with Gasteiger partial charge in [-0.2, -0.15) is 0 Å². The molecule has 1 atom stereocenters. The minimum absolute atomic E-state index is 0.0700. The minimum Gasteiger partial charge on any atom is -0.338 e. The molecule has 1 aliphatic heterocycles. The molecule has 1 aromatic rings. The predicted molar refractivity (Wildman–Crippen MR) is 103 cm³/mol. The molecule has 4 nitrogen and oxygen atoms in total. The van der Waals surface area contributed by atoms with Gasteiger partial charge in [-0.25, -0.2) is 0 Å². The molecule has 1 saturated carbocycles. The van der Waals surface area contributed by atoms with Crippen LogP contribution >= 0.6 is 0 Å². The van der Waals surface area contributed by atoms with E-state index in [0.29, 0.717) is 32.0 Å². The molecule has 4 heteroatoms. The predicted octanol–water partition coefficient (Wildman–Crippen LogP) is 3.63. The number of hydrogen-bond donors (Lipinski definition) is 0. The minimum atomic E-state index is -0.213. The van der Waals surface area contributed by atoms with Crippen molar-refractivity contribution in [1.82, 2.24) is 9.80 Å². The lowest BCUT2D eigenvalue weighted by molar-refractivity contribution is -0.137. The Morgan fingerprint density at radius 3 is 2.62 bits per heavy atom. The lowest BCUT2D eigenvalue weighted by Gasteiger charge is -2.31. The number of amides is 2. The molecule has 1 saturated heterocycles. The zero-order valence-electron chi connectivity index (χ0n) is 15.6. The van der Waals surface area contributed by atoms with Gasteiger partial charge in [0.15, 0.2) is 0 Å². The largest absolute Gasteiger partial charge is 0.338 e. The summed E-state index contributed by atoms with van der Waals surface area (Å²) in [6.45, 7) is 6.23. The fourth-order valence-corrected chi connectivity index (χ4v) is 4.25. The van der Waals surface area contributed by atoms with Crippen LogP contribution in [0.5, 0.6) is 0 Å². The van der Waals surface area contributed by atoms with E-state index in [1.807, 2.05) is 23.1 Å². The molecule has 1 aromatic carbocycles. The molecule has 0 radical (unpaired) electrons. The smallest absolute Gasteiger partial charge is 0.228 e. The lowest BCUT2D eigenvalue weighted by atomic mass is 9.88. The van der Waals surface area contributed by atoms with Crippen molar-refractivity contribution in [2.24, 2.45) is 11.8 Å². The second kappa shape index (κ2) is 9.02. The second-order valence-electron chi connectivity index (χ2n) is 7.70. The summed E-state index contributed by atoms with van der Waals surface area (Å²) in [5, 5.41) is 0. The van der Waals surface area contributed by atoms with Gasteiger partial charge in [0.25, 0.3) is 0 Å². The normalized spacial score (nSPS) is 21.0. The van der Waals surface area contributed by atoms with Crippen molar-refractivity contribution in [3.05, 3.63) is 48.6 Å². The molecule has 2 fully saturated rings. The van der Waals surface area contributed by atoms with Crippen molar-refractivity contribution in [3.8, 4) is 0 Å². The van der Waals surface area contributed by atoms with E-state index in [1.165, 1.54) is 32.1 Å². The van der Waals surface area contributed by atoms with Gasteiger partial charge in [0, 0.05) is 32.6 Å². The number of hydrogen-bond acceptors (Lipinski definition) is 2. The zero-order valence-corrected chi connectivity index (χ0v) is 15.6. The Morgan fingerprint density at radius 2 is 1.92 bits per heavy atom. The number of likely N-dealkylation sites (tertiary alicyclic amines) is 1. The molecule has 1 aliphatic carbocycles. The third kappa shape index (κ3) is 4.75. The molecule has 1 heterocycles. The molecule has 0 bridgehead atoms. The quantitative estimate of drug-likeness (QED) is 0.702. The standard InChI is InChI=1S/C22H30N2O2/c1-2-13-23-17-20(14-21(23)25)22(26)24(15-18-9-5-3-6-10-18)16-19-11-7-4-8-12-19/h2-3,5-6,9-10,19-20H,1,4,7-8,11-17H2. The summed E-state index contributed by atoms with van der Waals surface area (Å²) in [6.07, 6.45) is 8.35. The maximum atomic E-state index is 13.2. The van der Waals surface area contributed by atoms with Gasteiger partial charge in [-0.15, -0.1) is 6.58 Å². The van der Waals surface area contributed by atoms with E-state index in [9.17, 15) is 9.59 Å². The summed E-state index contributed by atoms with van der Waals surface area (Å²) in [5.41, 5.74) is 1.16. The van der Waals surface area contributed by atoms with E-state index in [-0.39, 0.29) is 17.7 Å². The Bertz CT molecular complexity index is 622. The Hall–Kier alpha value is -2.10. The second-order valence-corrected chi connectivity index (χ2v) is 7.70. The summed E-state index contributed by atoms with van der Waals surface area (Å²) in [7, 11) is 0. The van der Waals surface area contributed by atoms with Crippen molar-refractivity contribution in [2.75, 3.05) is 19.6 Å². The summed E-state index contributed by atoms with van der Waals surface area (Å²) >= 11 is 0. The molecule has 0 spiro atoms. The third-order valence-electron chi connectivity index (χ3n) is 5.64. The van der Waals surface area contributed by atoms with E-state index in [1.54, 1.807) is 11.0 Å². The van der Waals surface area contributed by atoms with Crippen LogP contribution in [0.4, 0.5) is 0 Å². The van der Waals surface area contributed by atoms with E-state index in [2.05, 4.69) is 18.7 Å². The SMILES string of the molecule is C=CCN1CC(C(=O)N(Cc2ccccc2)CC2CCCCC2)CC1=O. The Balaban J connectivity index is 1.70. The van der Waals surface area contributed by atoms with Crippen molar-refractivity contribution >= 4 is 11.8 Å². The monoisotopic (exact) mass is 354 g/mol. The maximum Gasteiger partial charge on any atom is 0.228 e. The first-order valence-electron chi connectivity index (χ1n) is 9.88. The molecular weight excluding hydrogens is 324 g/mol. The third-order valence-corrected chi connectivity index (χ3v) is 5.64. The highest BCUT2D eigenvalue weighted by Crippen LogP contribution is 2.27. The van der Waals surface area contributed by atoms with Crippen LogP contribution in [0, 0.1) is 11.8 Å². The molecule has 0 N–H and O–H groups in total. The summed E-state index contributed by atoms with van der Waals surface area (Å²) in [4.78, 5) is 29.2. The van der Waals surface area contributed by atoms with E-state index in [4.69, 9.17) is 0 Å². The molecule has 2 aliphatic rings. The van der Waals surface area contributed by atoms with E-state index in [0.717, 1.165) is 12.1 Å². The van der Waals surface area contributed by atoms with Crippen LogP contribution in [0.25, 0.3) is 0 Å². The van der Waals surface area contributed by atoms with E-state index >= 15 is 0 Å². The van der Waals surface area contributed by atoms with Crippen molar-refractivity contribution in [1.29, 1.82) is 0 Å². The number of carbonyl (C=O) groups is 2. The maximum absolute atomic E-state index is 13.2. The van der Waals surface area contributed by atoms with E-state index < -0.39 is 0 Å². The van der Waals surface area contributed by atoms with Crippen molar-refractivity contribution in [2.45, 2.75) is 45.1 Å². The van der Waals surface area contributed by atoms with Gasteiger partial charge in [0.2, 0.25) is 11.8 Å². The molecular formula is C22H30N2O2. The Labute approximate surface area is 156 Å². The number of rotatable bonds is 7. The molecule has 26 heavy (non-hydrogen) atoms. The number of benzene rings is 1. The average Bonchev–Trinajstić information content (AvgIpc) is 3.03. The van der Waals surface area contributed by atoms with Gasteiger partial charge < -0.3 is 9.80 Å². The van der Waals surface area contributed by atoms with Gasteiger partial charge in [-0.05, 0) is 24.3 Å². The molecule has 2 amide bonds. The summed E-state index contributed by atoms with van der Waals surface area (Å²) in [6, 6.07) is 10.2. The lowest BCUT2D eigenvalue weighted by Crippen LogP contribution is -2.40. The number of carbonyl (C=O) groups excluding carboxylic acids is 2. The Kier molecular flexibility index (Phi) is 6.48. The van der Waals surface area contributed by atoms with Crippen LogP contribution < -0.4 is 0 Å². The van der Waals surface area contributed by atoms with Gasteiger partial charge in [-0.3, -0.25) is 9.59 Å². The van der Waals surface area contributed by atoms with Gasteiger partial charge in [-0.1, -0.05) is 55.7 Å². The van der Waals surface area contributed by atoms with Crippen LogP contribution in [-0.2, 0) is 16.1 Å². The molecule has 3 rings (SSSR count). The highest BCUT2D eigenvalue weighted by Gasteiger charge is 2.36. The Morgan fingerprint density at radius 1 is 1.19 bits per heavy atom. The van der Waals surface area contributed by atoms with Crippen LogP contribution in [0.15, 0.2) is 43.0 Å². The first-order chi connectivity index (χ1) is 12.7. The van der Waals surface area contributed by atoms with Gasteiger partial charge >= 0.3 is 0 Å². The highest BCUT2D eigenvalue weighted by atomic mass is 16.2. The first-order valence-corrected chi connectivity index (χ1v) is 9.88. The molecule has 0 aromatic heterocycles. The van der Waals surface area contributed by atoms with Crippen LogP contribution in [0.2, 0.25) is 0 Å². The van der Waals surface area contributed by atoms with Gasteiger partial charge in [0.1, 0.15) is 0 Å².